The number of fused-ring (bicyclic) bond motifs is 1. The quantitative estimate of drug-likeness (QED) is 0.620. The van der Waals surface area contributed by atoms with Crippen LogP contribution in [0.3, 0.4) is 0 Å². The largest absolute Gasteiger partial charge is 0.493 e. The normalized spacial score (nSPS) is 21.6. The lowest BCUT2D eigenvalue weighted by atomic mass is 9.90. The molecule has 1 aromatic rings. The van der Waals surface area contributed by atoms with Crippen LogP contribution < -0.4 is 14.2 Å². The van der Waals surface area contributed by atoms with Crippen molar-refractivity contribution in [2.24, 2.45) is 5.92 Å². The molecular weight excluding hydrogens is 248 g/mol. The fourth-order valence-corrected chi connectivity index (χ4v) is 2.44. The van der Waals surface area contributed by atoms with E-state index in [1.165, 1.54) is 7.11 Å². The number of methoxy groups -OCH3 is 3. The Balaban J connectivity index is 2.70. The molecule has 0 saturated carbocycles. The van der Waals surface area contributed by atoms with Gasteiger partial charge in [-0.25, -0.2) is 0 Å². The zero-order chi connectivity index (χ0) is 14.2. The summed E-state index contributed by atoms with van der Waals surface area (Å²) < 4.78 is 21.4. The van der Waals surface area contributed by atoms with E-state index in [-0.39, 0.29) is 18.0 Å². The lowest BCUT2D eigenvalue weighted by Gasteiger charge is -2.31. The Hall–Kier alpha value is -1.75. The van der Waals surface area contributed by atoms with Crippen LogP contribution in [0.15, 0.2) is 6.07 Å². The summed E-state index contributed by atoms with van der Waals surface area (Å²) in [5.74, 6) is 0.676. The molecule has 0 fully saturated rings. The first-order chi connectivity index (χ1) is 9.04. The Morgan fingerprint density at radius 3 is 2.42 bits per heavy atom. The Morgan fingerprint density at radius 1 is 1.21 bits per heavy atom. The molecule has 0 aromatic heterocycles. The van der Waals surface area contributed by atoms with E-state index in [0.717, 1.165) is 11.1 Å². The number of carbonyl (C=O) groups is 1. The summed E-state index contributed by atoms with van der Waals surface area (Å²) in [6.45, 7) is 3.72. The van der Waals surface area contributed by atoms with Crippen LogP contribution in [0.5, 0.6) is 17.2 Å². The Morgan fingerprint density at radius 2 is 1.89 bits per heavy atom. The Labute approximate surface area is 112 Å². The van der Waals surface area contributed by atoms with Crippen LogP contribution >= 0.6 is 0 Å². The minimum atomic E-state index is -0.352. The number of aryl methyl sites for hydroxylation is 1. The number of hydrogen-bond acceptors (Lipinski definition) is 5. The van der Waals surface area contributed by atoms with Crippen LogP contribution in [0.4, 0.5) is 0 Å². The smallest absolute Gasteiger partial charge is 0.317 e. The number of rotatable bonds is 3. The molecule has 5 nitrogen and oxygen atoms in total. The number of esters is 1. The van der Waals surface area contributed by atoms with E-state index in [1.807, 2.05) is 13.0 Å². The van der Waals surface area contributed by atoms with Crippen molar-refractivity contribution in [1.82, 2.24) is 0 Å². The molecule has 0 bridgehead atoms. The molecule has 0 amide bonds. The van der Waals surface area contributed by atoms with E-state index >= 15 is 0 Å². The van der Waals surface area contributed by atoms with E-state index in [4.69, 9.17) is 18.9 Å². The molecule has 2 atom stereocenters. The van der Waals surface area contributed by atoms with Crippen LogP contribution in [0.25, 0.3) is 0 Å². The molecule has 2 rings (SSSR count). The molecule has 1 heterocycles. The van der Waals surface area contributed by atoms with Crippen LogP contribution in [0.2, 0.25) is 0 Å². The molecule has 1 aliphatic heterocycles. The lowest BCUT2D eigenvalue weighted by molar-refractivity contribution is -0.146. The van der Waals surface area contributed by atoms with Crippen molar-refractivity contribution in [2.75, 3.05) is 21.3 Å². The monoisotopic (exact) mass is 266 g/mol. The highest BCUT2D eigenvalue weighted by molar-refractivity contribution is 5.81. The van der Waals surface area contributed by atoms with E-state index in [2.05, 4.69) is 0 Å². The molecule has 1 aromatic carbocycles. The van der Waals surface area contributed by atoms with Gasteiger partial charge in [-0.3, -0.25) is 4.79 Å². The van der Waals surface area contributed by atoms with Crippen LogP contribution in [-0.4, -0.2) is 27.3 Å². The summed E-state index contributed by atoms with van der Waals surface area (Å²) in [7, 11) is 4.64. The van der Waals surface area contributed by atoms with Crippen molar-refractivity contribution < 1.29 is 23.7 Å². The SMILES string of the molecule is COc1cc(C)c2c(c1OC)OC(=O)[C@H](C)[C@H]2OC. The maximum atomic E-state index is 11.9. The van der Waals surface area contributed by atoms with Gasteiger partial charge in [-0.1, -0.05) is 0 Å². The molecular formula is C14H18O5. The average Bonchev–Trinajstić information content (AvgIpc) is 2.40. The van der Waals surface area contributed by atoms with Gasteiger partial charge in [0.05, 0.1) is 26.2 Å². The van der Waals surface area contributed by atoms with Crippen molar-refractivity contribution in [3.63, 3.8) is 0 Å². The average molecular weight is 266 g/mol. The third kappa shape index (κ3) is 2.04. The van der Waals surface area contributed by atoms with Crippen LogP contribution in [0, 0.1) is 12.8 Å². The summed E-state index contributed by atoms with van der Waals surface area (Å²) in [5.41, 5.74) is 1.78. The molecule has 0 N–H and O–H groups in total. The third-order valence-electron chi connectivity index (χ3n) is 3.44. The minimum Gasteiger partial charge on any atom is -0.493 e. The summed E-state index contributed by atoms with van der Waals surface area (Å²) in [6.07, 6.45) is -0.337. The van der Waals surface area contributed by atoms with E-state index in [0.29, 0.717) is 17.2 Å². The zero-order valence-corrected chi connectivity index (χ0v) is 11.8. The van der Waals surface area contributed by atoms with Gasteiger partial charge in [0.1, 0.15) is 0 Å². The van der Waals surface area contributed by atoms with Gasteiger partial charge in [0, 0.05) is 12.7 Å². The van der Waals surface area contributed by atoms with Gasteiger partial charge in [0.25, 0.3) is 0 Å². The lowest BCUT2D eigenvalue weighted by Crippen LogP contribution is -2.31. The van der Waals surface area contributed by atoms with Crippen LogP contribution in [-0.2, 0) is 9.53 Å². The summed E-state index contributed by atoms with van der Waals surface area (Å²) in [6, 6.07) is 1.86. The second-order valence-corrected chi connectivity index (χ2v) is 4.54. The van der Waals surface area contributed by atoms with Crippen molar-refractivity contribution >= 4 is 5.97 Å². The fourth-order valence-electron chi connectivity index (χ4n) is 2.44. The first-order valence-electron chi connectivity index (χ1n) is 6.05. The van der Waals surface area contributed by atoms with Crippen molar-refractivity contribution in [3.8, 4) is 17.2 Å². The maximum absolute atomic E-state index is 11.9. The van der Waals surface area contributed by atoms with Crippen molar-refractivity contribution in [3.05, 3.63) is 17.2 Å². The molecule has 0 aliphatic carbocycles. The van der Waals surface area contributed by atoms with Gasteiger partial charge in [-0.05, 0) is 25.5 Å². The topological polar surface area (TPSA) is 54.0 Å². The molecule has 0 spiro atoms. The molecule has 0 saturated heterocycles. The first kappa shape index (κ1) is 13.7. The predicted molar refractivity (Wildman–Crippen MR) is 68.8 cm³/mol. The van der Waals surface area contributed by atoms with Gasteiger partial charge in [0.15, 0.2) is 11.5 Å². The maximum Gasteiger partial charge on any atom is 0.317 e. The van der Waals surface area contributed by atoms with Crippen LogP contribution in [0.1, 0.15) is 24.2 Å². The standard InChI is InChI=1S/C14H18O5/c1-7-6-9(16-3)12(18-5)13-10(7)11(17-4)8(2)14(15)19-13/h6,8,11H,1-5H3/t8-,11-/m1/s1. The highest BCUT2D eigenvalue weighted by atomic mass is 16.6. The minimum absolute atomic E-state index is 0.328. The summed E-state index contributed by atoms with van der Waals surface area (Å²) >= 11 is 0. The molecule has 5 heteroatoms. The zero-order valence-electron chi connectivity index (χ0n) is 11.8. The number of benzene rings is 1. The molecule has 0 unspecified atom stereocenters. The van der Waals surface area contributed by atoms with Gasteiger partial charge < -0.3 is 18.9 Å². The second-order valence-electron chi connectivity index (χ2n) is 4.54. The number of carbonyl (C=O) groups excluding carboxylic acids is 1. The molecule has 0 radical (unpaired) electrons. The number of ether oxygens (including phenoxy) is 4. The predicted octanol–water partition coefficient (Wildman–Crippen LogP) is 2.25. The highest BCUT2D eigenvalue weighted by Crippen LogP contribution is 2.49. The molecule has 1 aliphatic rings. The molecule has 104 valence electrons. The van der Waals surface area contributed by atoms with Gasteiger partial charge in [-0.2, -0.15) is 0 Å². The third-order valence-corrected chi connectivity index (χ3v) is 3.44. The van der Waals surface area contributed by atoms with E-state index < -0.39 is 0 Å². The summed E-state index contributed by atoms with van der Waals surface area (Å²) in [4.78, 5) is 11.9. The van der Waals surface area contributed by atoms with Crippen molar-refractivity contribution in [2.45, 2.75) is 20.0 Å². The second kappa shape index (κ2) is 5.09. The van der Waals surface area contributed by atoms with E-state index in [1.54, 1.807) is 21.1 Å². The van der Waals surface area contributed by atoms with Gasteiger partial charge in [-0.15, -0.1) is 0 Å². The van der Waals surface area contributed by atoms with Gasteiger partial charge in [0.2, 0.25) is 5.75 Å². The molecule has 19 heavy (non-hydrogen) atoms. The Bertz CT molecular complexity index is 509. The fraction of sp³-hybridized carbons (Fsp3) is 0.500. The first-order valence-corrected chi connectivity index (χ1v) is 6.05. The highest BCUT2D eigenvalue weighted by Gasteiger charge is 2.38. The number of hydrogen-bond donors (Lipinski definition) is 0. The van der Waals surface area contributed by atoms with Gasteiger partial charge >= 0.3 is 5.97 Å². The summed E-state index contributed by atoms with van der Waals surface area (Å²) in [5, 5.41) is 0. The van der Waals surface area contributed by atoms with E-state index in [9.17, 15) is 4.79 Å². The van der Waals surface area contributed by atoms with Crippen molar-refractivity contribution in [1.29, 1.82) is 0 Å². The Kier molecular flexibility index (Phi) is 3.66.